The van der Waals surface area contributed by atoms with Crippen molar-refractivity contribution in [3.8, 4) is 0 Å². The van der Waals surface area contributed by atoms with Crippen molar-refractivity contribution in [3.05, 3.63) is 26.4 Å². The molecule has 1 aromatic carbocycles. The summed E-state index contributed by atoms with van der Waals surface area (Å²) in [5.74, 6) is -0.300. The molecule has 0 saturated carbocycles. The van der Waals surface area contributed by atoms with E-state index in [1.54, 1.807) is 13.0 Å². The summed E-state index contributed by atoms with van der Waals surface area (Å²) in [4.78, 5) is 0. The van der Waals surface area contributed by atoms with Crippen molar-refractivity contribution in [1.29, 1.82) is 0 Å². The van der Waals surface area contributed by atoms with E-state index in [1.807, 2.05) is 0 Å². The standard InChI is InChI=1S/C7H6Br2FN/c1-3-2-4(8)7(11)5(9)6(3)10/h2H,11H2,1H3. The predicted molar refractivity (Wildman–Crippen MR) is 50.9 cm³/mol. The zero-order valence-electron chi connectivity index (χ0n) is 5.79. The van der Waals surface area contributed by atoms with Crippen molar-refractivity contribution in [2.75, 3.05) is 5.73 Å². The van der Waals surface area contributed by atoms with E-state index in [-0.39, 0.29) is 5.82 Å². The van der Waals surface area contributed by atoms with Gasteiger partial charge >= 0.3 is 0 Å². The molecule has 60 valence electrons. The first kappa shape index (κ1) is 9.00. The molecule has 0 aliphatic heterocycles. The molecule has 0 spiro atoms. The first-order chi connectivity index (χ1) is 5.04. The third kappa shape index (κ3) is 1.56. The number of halogens is 3. The summed E-state index contributed by atoms with van der Waals surface area (Å²) in [6.07, 6.45) is 0. The maximum Gasteiger partial charge on any atom is 0.142 e. The lowest BCUT2D eigenvalue weighted by atomic mass is 10.2. The van der Waals surface area contributed by atoms with Gasteiger partial charge in [-0.3, -0.25) is 0 Å². The highest BCUT2D eigenvalue weighted by Gasteiger charge is 2.09. The Hall–Kier alpha value is -0.0900. The van der Waals surface area contributed by atoms with Crippen LogP contribution >= 0.6 is 31.9 Å². The summed E-state index contributed by atoms with van der Waals surface area (Å²) in [5.41, 5.74) is 6.48. The Labute approximate surface area is 81.0 Å². The Balaban J connectivity index is 3.46. The topological polar surface area (TPSA) is 26.0 Å². The molecule has 0 heterocycles. The van der Waals surface area contributed by atoms with E-state index in [0.29, 0.717) is 20.2 Å². The minimum absolute atomic E-state index is 0.300. The average Bonchev–Trinajstić information content (AvgIpc) is 1.97. The molecule has 0 radical (unpaired) electrons. The number of nitrogen functional groups attached to an aromatic ring is 1. The lowest BCUT2D eigenvalue weighted by molar-refractivity contribution is 0.612. The largest absolute Gasteiger partial charge is 0.397 e. The summed E-state index contributed by atoms with van der Waals surface area (Å²) in [7, 11) is 0. The molecule has 0 bridgehead atoms. The van der Waals surface area contributed by atoms with Crippen LogP contribution in [0.4, 0.5) is 10.1 Å². The number of anilines is 1. The van der Waals surface area contributed by atoms with Gasteiger partial charge in [0, 0.05) is 4.47 Å². The zero-order chi connectivity index (χ0) is 8.59. The van der Waals surface area contributed by atoms with E-state index < -0.39 is 0 Å². The average molecular weight is 283 g/mol. The lowest BCUT2D eigenvalue weighted by Crippen LogP contribution is -1.93. The van der Waals surface area contributed by atoms with Crippen LogP contribution in [0, 0.1) is 12.7 Å². The zero-order valence-corrected chi connectivity index (χ0v) is 8.96. The molecule has 11 heavy (non-hydrogen) atoms. The maximum absolute atomic E-state index is 13.0. The quantitative estimate of drug-likeness (QED) is 0.574. The van der Waals surface area contributed by atoms with E-state index in [2.05, 4.69) is 31.9 Å². The van der Waals surface area contributed by atoms with E-state index in [0.717, 1.165) is 0 Å². The molecular formula is C7H6Br2FN. The molecule has 1 nitrogen and oxygen atoms in total. The smallest absolute Gasteiger partial charge is 0.142 e. The highest BCUT2D eigenvalue weighted by atomic mass is 79.9. The van der Waals surface area contributed by atoms with Crippen molar-refractivity contribution in [3.63, 3.8) is 0 Å². The second kappa shape index (κ2) is 3.11. The molecule has 1 rings (SSSR count). The number of hydrogen-bond donors (Lipinski definition) is 1. The molecule has 0 saturated heterocycles. The summed E-state index contributed by atoms with van der Waals surface area (Å²) < 4.78 is 14.1. The highest BCUT2D eigenvalue weighted by Crippen LogP contribution is 2.32. The third-order valence-corrected chi connectivity index (χ3v) is 2.81. The fourth-order valence-corrected chi connectivity index (χ4v) is 2.06. The van der Waals surface area contributed by atoms with Crippen LogP contribution in [0.25, 0.3) is 0 Å². The van der Waals surface area contributed by atoms with Crippen molar-refractivity contribution in [1.82, 2.24) is 0 Å². The Morgan fingerprint density at radius 2 is 2.00 bits per heavy atom. The van der Waals surface area contributed by atoms with Gasteiger partial charge in [-0.05, 0) is 50.4 Å². The number of benzene rings is 1. The maximum atomic E-state index is 13.0. The van der Waals surface area contributed by atoms with Crippen molar-refractivity contribution >= 4 is 37.5 Å². The summed E-state index contributed by atoms with van der Waals surface area (Å²) in [5, 5.41) is 0. The SMILES string of the molecule is Cc1cc(Br)c(N)c(Br)c1F. The van der Waals surface area contributed by atoms with E-state index >= 15 is 0 Å². The van der Waals surface area contributed by atoms with Crippen LogP contribution < -0.4 is 5.73 Å². The summed E-state index contributed by atoms with van der Waals surface area (Å²) in [6.45, 7) is 1.68. The fourth-order valence-electron chi connectivity index (χ4n) is 0.727. The van der Waals surface area contributed by atoms with Crippen LogP contribution in [0.3, 0.4) is 0 Å². The molecule has 0 aliphatic carbocycles. The van der Waals surface area contributed by atoms with Gasteiger partial charge in [-0.15, -0.1) is 0 Å². The first-order valence-electron chi connectivity index (χ1n) is 2.93. The Kier molecular flexibility index (Phi) is 2.54. The fraction of sp³-hybridized carbons (Fsp3) is 0.143. The monoisotopic (exact) mass is 281 g/mol. The molecule has 0 atom stereocenters. The molecule has 2 N–H and O–H groups in total. The van der Waals surface area contributed by atoms with E-state index in [4.69, 9.17) is 5.73 Å². The van der Waals surface area contributed by atoms with E-state index in [1.165, 1.54) is 0 Å². The van der Waals surface area contributed by atoms with Crippen molar-refractivity contribution in [2.45, 2.75) is 6.92 Å². The minimum Gasteiger partial charge on any atom is -0.397 e. The van der Waals surface area contributed by atoms with Gasteiger partial charge in [-0.1, -0.05) is 0 Å². The van der Waals surface area contributed by atoms with Crippen molar-refractivity contribution < 1.29 is 4.39 Å². The van der Waals surface area contributed by atoms with Gasteiger partial charge in [0.2, 0.25) is 0 Å². The van der Waals surface area contributed by atoms with Gasteiger partial charge in [-0.2, -0.15) is 0 Å². The molecule has 0 aromatic heterocycles. The molecule has 0 aliphatic rings. The summed E-state index contributed by atoms with van der Waals surface area (Å²) in [6, 6.07) is 1.65. The number of hydrogen-bond acceptors (Lipinski definition) is 1. The number of aryl methyl sites for hydroxylation is 1. The van der Waals surface area contributed by atoms with Crippen molar-refractivity contribution in [2.24, 2.45) is 0 Å². The molecule has 0 amide bonds. The lowest BCUT2D eigenvalue weighted by Gasteiger charge is -2.04. The molecule has 4 heteroatoms. The Bertz CT molecular complexity index is 273. The minimum atomic E-state index is -0.300. The van der Waals surface area contributed by atoms with Gasteiger partial charge < -0.3 is 5.73 Å². The molecule has 1 aromatic rings. The van der Waals surface area contributed by atoms with Crippen LogP contribution in [0.15, 0.2) is 15.0 Å². The third-order valence-electron chi connectivity index (χ3n) is 1.38. The number of rotatable bonds is 0. The second-order valence-electron chi connectivity index (χ2n) is 2.22. The van der Waals surface area contributed by atoms with Gasteiger partial charge in [0.15, 0.2) is 0 Å². The number of nitrogens with two attached hydrogens (primary N) is 1. The Morgan fingerprint density at radius 1 is 1.45 bits per heavy atom. The van der Waals surface area contributed by atoms with Crippen LogP contribution in [0.1, 0.15) is 5.56 Å². The summed E-state index contributed by atoms with van der Waals surface area (Å²) >= 11 is 6.26. The van der Waals surface area contributed by atoms with Gasteiger partial charge in [-0.25, -0.2) is 4.39 Å². The van der Waals surface area contributed by atoms with Crippen LogP contribution in [-0.4, -0.2) is 0 Å². The highest BCUT2D eigenvalue weighted by molar-refractivity contribution is 9.11. The Morgan fingerprint density at radius 3 is 2.55 bits per heavy atom. The molecule has 0 unspecified atom stereocenters. The van der Waals surface area contributed by atoms with Gasteiger partial charge in [0.1, 0.15) is 5.82 Å². The van der Waals surface area contributed by atoms with Crippen LogP contribution in [0.5, 0.6) is 0 Å². The predicted octanol–water partition coefficient (Wildman–Crippen LogP) is 3.24. The van der Waals surface area contributed by atoms with E-state index in [9.17, 15) is 4.39 Å². The second-order valence-corrected chi connectivity index (χ2v) is 3.86. The molecule has 0 fully saturated rings. The first-order valence-corrected chi connectivity index (χ1v) is 4.52. The van der Waals surface area contributed by atoms with Crippen LogP contribution in [0.2, 0.25) is 0 Å². The van der Waals surface area contributed by atoms with Gasteiger partial charge in [0.25, 0.3) is 0 Å². The normalized spacial score (nSPS) is 10.2. The molecular weight excluding hydrogens is 277 g/mol. The van der Waals surface area contributed by atoms with Crippen LogP contribution in [-0.2, 0) is 0 Å². The van der Waals surface area contributed by atoms with Gasteiger partial charge in [0.05, 0.1) is 10.2 Å².